The number of rotatable bonds is 9. The van der Waals surface area contributed by atoms with Gasteiger partial charge in [-0.15, -0.1) is 0 Å². The molecule has 0 saturated heterocycles. The Morgan fingerprint density at radius 3 is 2.31 bits per heavy atom. The van der Waals surface area contributed by atoms with Gasteiger partial charge in [0.15, 0.2) is 0 Å². The van der Waals surface area contributed by atoms with Gasteiger partial charge in [0.2, 0.25) is 0 Å². The fraction of sp³-hybridized carbons (Fsp3) is 0.125. The maximum absolute atomic E-state index is 13.3. The number of hydrazone groups is 1. The summed E-state index contributed by atoms with van der Waals surface area (Å²) in [7, 11) is -1.38. The van der Waals surface area contributed by atoms with Crippen LogP contribution in [-0.4, -0.2) is 47.3 Å². The van der Waals surface area contributed by atoms with E-state index in [1.807, 2.05) is 0 Å². The van der Waals surface area contributed by atoms with Gasteiger partial charge in [-0.3, -0.25) is 9.10 Å². The van der Waals surface area contributed by atoms with Crippen molar-refractivity contribution < 1.29 is 27.5 Å². The first-order chi connectivity index (χ1) is 16.8. The zero-order valence-electron chi connectivity index (χ0n) is 18.8. The molecule has 35 heavy (non-hydrogen) atoms. The Hall–Kier alpha value is -3.89. The summed E-state index contributed by atoms with van der Waals surface area (Å²) in [5, 5.41) is 4.06. The van der Waals surface area contributed by atoms with E-state index in [0.29, 0.717) is 16.9 Å². The number of hydrogen-bond acceptors (Lipinski definition) is 7. The molecule has 11 heteroatoms. The molecule has 0 unspecified atom stereocenters. The second-order valence-electron chi connectivity index (χ2n) is 7.05. The fourth-order valence-electron chi connectivity index (χ4n) is 3.01. The van der Waals surface area contributed by atoms with Crippen molar-refractivity contribution in [2.45, 2.75) is 4.90 Å². The highest BCUT2D eigenvalue weighted by Crippen LogP contribution is 2.31. The van der Waals surface area contributed by atoms with Gasteiger partial charge in [-0.2, -0.15) is 5.10 Å². The number of nitrogens with one attached hydrogen (secondary N) is 1. The fourth-order valence-corrected chi connectivity index (χ4v) is 4.70. The van der Waals surface area contributed by atoms with E-state index in [4.69, 9.17) is 16.3 Å². The first-order valence-corrected chi connectivity index (χ1v) is 12.0. The van der Waals surface area contributed by atoms with Crippen LogP contribution in [0.4, 0.5) is 5.69 Å². The second kappa shape index (κ2) is 11.5. The van der Waals surface area contributed by atoms with Crippen LogP contribution in [0.15, 0.2) is 82.8 Å². The van der Waals surface area contributed by atoms with E-state index in [-0.39, 0.29) is 15.6 Å². The number of carbonyl (C=O) groups is 2. The maximum atomic E-state index is 13.3. The van der Waals surface area contributed by atoms with Crippen molar-refractivity contribution in [2.24, 2.45) is 5.10 Å². The molecule has 3 aromatic rings. The molecule has 1 N–H and O–H groups in total. The normalized spacial score (nSPS) is 11.2. The lowest BCUT2D eigenvalue weighted by Crippen LogP contribution is -2.39. The SMILES string of the molecule is COC(=O)c1ccc(/C=N\NC(=O)CN(c2ccc(OC)c(Cl)c2)S(=O)(=O)c2ccccc2)cc1. The Bertz CT molecular complexity index is 1330. The van der Waals surface area contributed by atoms with E-state index in [9.17, 15) is 18.0 Å². The Morgan fingerprint density at radius 2 is 1.71 bits per heavy atom. The van der Waals surface area contributed by atoms with Gasteiger partial charge >= 0.3 is 5.97 Å². The molecule has 0 aliphatic heterocycles. The highest BCUT2D eigenvalue weighted by molar-refractivity contribution is 7.92. The zero-order valence-corrected chi connectivity index (χ0v) is 20.4. The number of hydrogen-bond donors (Lipinski definition) is 1. The number of anilines is 1. The maximum Gasteiger partial charge on any atom is 0.337 e. The number of ether oxygens (including phenoxy) is 2. The predicted octanol–water partition coefficient (Wildman–Crippen LogP) is 3.48. The molecular weight excluding hydrogens is 494 g/mol. The largest absolute Gasteiger partial charge is 0.495 e. The van der Waals surface area contributed by atoms with E-state index in [0.717, 1.165) is 4.31 Å². The van der Waals surface area contributed by atoms with Crippen molar-refractivity contribution in [2.75, 3.05) is 25.1 Å². The molecule has 182 valence electrons. The van der Waals surface area contributed by atoms with Crippen molar-refractivity contribution in [3.8, 4) is 5.75 Å². The first kappa shape index (κ1) is 25.7. The minimum absolute atomic E-state index is 0.00828. The van der Waals surface area contributed by atoms with Gasteiger partial charge < -0.3 is 9.47 Å². The lowest BCUT2D eigenvalue weighted by molar-refractivity contribution is -0.119. The summed E-state index contributed by atoms with van der Waals surface area (Å²) in [5.74, 6) is -0.793. The molecule has 0 aliphatic rings. The molecule has 0 radical (unpaired) electrons. The average Bonchev–Trinajstić information content (AvgIpc) is 2.87. The number of methoxy groups -OCH3 is 2. The summed E-state index contributed by atoms with van der Waals surface area (Å²) in [6, 6.07) is 18.5. The molecular formula is C24H22ClN3O6S. The Morgan fingerprint density at radius 1 is 1.03 bits per heavy atom. The number of benzene rings is 3. The van der Waals surface area contributed by atoms with E-state index in [2.05, 4.69) is 15.3 Å². The van der Waals surface area contributed by atoms with Crippen LogP contribution in [0, 0.1) is 0 Å². The van der Waals surface area contributed by atoms with Crippen LogP contribution in [0.5, 0.6) is 5.75 Å². The molecule has 3 rings (SSSR count). The van der Waals surface area contributed by atoms with Crippen LogP contribution in [0.25, 0.3) is 0 Å². The van der Waals surface area contributed by atoms with E-state index in [1.54, 1.807) is 42.5 Å². The highest BCUT2D eigenvalue weighted by atomic mass is 35.5. The third kappa shape index (κ3) is 6.37. The van der Waals surface area contributed by atoms with Gasteiger partial charge in [0.1, 0.15) is 12.3 Å². The van der Waals surface area contributed by atoms with Crippen LogP contribution in [0.2, 0.25) is 5.02 Å². The minimum Gasteiger partial charge on any atom is -0.495 e. The molecule has 0 bridgehead atoms. The molecule has 0 spiro atoms. The number of sulfonamides is 1. The topological polar surface area (TPSA) is 114 Å². The van der Waals surface area contributed by atoms with Crippen LogP contribution in [0.1, 0.15) is 15.9 Å². The van der Waals surface area contributed by atoms with E-state index in [1.165, 1.54) is 50.8 Å². The standard InChI is InChI=1S/C24H22ClN3O6S/c1-33-22-13-12-19(14-21(22)25)28(35(31,32)20-6-4-3-5-7-20)16-23(29)27-26-15-17-8-10-18(11-9-17)24(30)34-2/h3-15H,16H2,1-2H3,(H,27,29)/b26-15-. The molecule has 0 saturated carbocycles. The third-order valence-electron chi connectivity index (χ3n) is 4.78. The Labute approximate surface area is 208 Å². The monoisotopic (exact) mass is 515 g/mol. The average molecular weight is 516 g/mol. The molecule has 0 heterocycles. The molecule has 1 amide bonds. The van der Waals surface area contributed by atoms with Crippen LogP contribution in [0.3, 0.4) is 0 Å². The molecule has 0 atom stereocenters. The highest BCUT2D eigenvalue weighted by Gasteiger charge is 2.27. The Balaban J connectivity index is 1.81. The predicted molar refractivity (Wildman–Crippen MR) is 132 cm³/mol. The number of nitrogens with zero attached hydrogens (tertiary/aromatic N) is 2. The molecule has 0 fully saturated rings. The van der Waals surface area contributed by atoms with Crippen molar-refractivity contribution in [3.05, 3.63) is 88.9 Å². The van der Waals surface area contributed by atoms with Gasteiger partial charge in [0.25, 0.3) is 15.9 Å². The summed E-state index contributed by atoms with van der Waals surface area (Å²) in [5.41, 5.74) is 3.47. The minimum atomic E-state index is -4.10. The summed E-state index contributed by atoms with van der Waals surface area (Å²) < 4.78 is 37.4. The second-order valence-corrected chi connectivity index (χ2v) is 9.32. The first-order valence-electron chi connectivity index (χ1n) is 10.2. The molecule has 0 aromatic heterocycles. The van der Waals surface area contributed by atoms with Crippen molar-refractivity contribution >= 4 is 45.4 Å². The van der Waals surface area contributed by atoms with Gasteiger partial charge in [-0.05, 0) is 48.0 Å². The summed E-state index contributed by atoms with van der Waals surface area (Å²) in [6.45, 7) is -0.557. The quantitative estimate of drug-likeness (QED) is 0.265. The zero-order chi connectivity index (χ0) is 25.4. The summed E-state index contributed by atoms with van der Waals surface area (Å²) >= 11 is 6.20. The smallest absolute Gasteiger partial charge is 0.337 e. The van der Waals surface area contributed by atoms with Crippen LogP contribution >= 0.6 is 11.6 Å². The number of carbonyl (C=O) groups excluding carboxylic acids is 2. The van der Waals surface area contributed by atoms with Gasteiger partial charge in [0.05, 0.1) is 41.6 Å². The number of amides is 1. The molecule has 3 aromatic carbocycles. The molecule has 9 nitrogen and oxygen atoms in total. The van der Waals surface area contributed by atoms with Crippen molar-refractivity contribution in [3.63, 3.8) is 0 Å². The Kier molecular flexibility index (Phi) is 8.45. The summed E-state index contributed by atoms with van der Waals surface area (Å²) in [6.07, 6.45) is 1.36. The van der Waals surface area contributed by atoms with Gasteiger partial charge in [-0.1, -0.05) is 41.9 Å². The number of esters is 1. The van der Waals surface area contributed by atoms with E-state index < -0.39 is 28.4 Å². The van der Waals surface area contributed by atoms with Crippen LogP contribution < -0.4 is 14.5 Å². The lowest BCUT2D eigenvalue weighted by Gasteiger charge is -2.24. The van der Waals surface area contributed by atoms with Crippen LogP contribution in [-0.2, 0) is 19.6 Å². The molecule has 0 aliphatic carbocycles. The van der Waals surface area contributed by atoms with E-state index >= 15 is 0 Å². The third-order valence-corrected chi connectivity index (χ3v) is 6.86. The number of halogens is 1. The van der Waals surface area contributed by atoms with Crippen molar-refractivity contribution in [1.29, 1.82) is 0 Å². The lowest BCUT2D eigenvalue weighted by atomic mass is 10.1. The summed E-state index contributed by atoms with van der Waals surface area (Å²) in [4.78, 5) is 24.1. The van der Waals surface area contributed by atoms with Crippen molar-refractivity contribution in [1.82, 2.24) is 5.43 Å². The van der Waals surface area contributed by atoms with Gasteiger partial charge in [0, 0.05) is 0 Å². The van der Waals surface area contributed by atoms with Gasteiger partial charge in [-0.25, -0.2) is 18.6 Å².